The average Bonchev–Trinajstić information content (AvgIpc) is 4.42. The summed E-state index contributed by atoms with van der Waals surface area (Å²) < 4.78 is 13.0. The molecule has 20 nitrogen and oxygen atoms in total. The fraction of sp³-hybridized carbons (Fsp3) is 0.656. The molecule has 4 fully saturated rings. The van der Waals surface area contributed by atoms with Crippen LogP contribution in [-0.2, 0) is 51.1 Å². The monoisotopic (exact) mass is 1160 g/mol. The first-order valence-corrected chi connectivity index (χ1v) is 31.6. The average molecular weight is 1160 g/mol. The number of ether oxygens (including phenoxy) is 2. The Bertz CT molecular complexity index is 2640. The Morgan fingerprint density at radius 3 is 1.31 bits per heavy atom. The van der Waals surface area contributed by atoms with Gasteiger partial charge in [0.2, 0.25) is 35.4 Å². The second kappa shape index (κ2) is 29.7. The number of nitrogens with zero attached hydrogens (tertiary/aromatic N) is 2. The molecule has 2 saturated heterocycles. The van der Waals surface area contributed by atoms with Crippen molar-refractivity contribution in [3.05, 3.63) is 91.2 Å². The van der Waals surface area contributed by atoms with Crippen LogP contribution in [0.2, 0.25) is 0 Å². The summed E-state index contributed by atoms with van der Waals surface area (Å²) in [6, 6.07) is 11.6. The highest BCUT2D eigenvalue weighted by atomic mass is 16.5. The van der Waals surface area contributed by atoms with Crippen LogP contribution in [0.3, 0.4) is 0 Å². The number of unbranched alkanes of at least 4 members (excludes halogenated alkanes) is 2. The van der Waals surface area contributed by atoms with E-state index in [4.69, 9.17) is 9.47 Å². The summed E-state index contributed by atoms with van der Waals surface area (Å²) in [6.07, 6.45) is 15.4. The van der Waals surface area contributed by atoms with Crippen LogP contribution in [0.4, 0.5) is 11.4 Å². The Labute approximate surface area is 494 Å². The summed E-state index contributed by atoms with van der Waals surface area (Å²) in [4.78, 5) is 112. The maximum absolute atomic E-state index is 14.4. The third-order valence-electron chi connectivity index (χ3n) is 19.0. The number of rotatable bonds is 28. The molecule has 0 radical (unpaired) electrons. The molecule has 458 valence electrons. The zero-order valence-corrected chi connectivity index (χ0v) is 49.9. The zero-order chi connectivity index (χ0) is 59.3. The molecular formula is C64H92N10O10. The molecule has 20 heteroatoms. The zero-order valence-electron chi connectivity index (χ0n) is 49.9. The lowest BCUT2D eigenvalue weighted by atomic mass is 9.83. The highest BCUT2D eigenvalue weighted by Gasteiger charge is 2.45. The second-order valence-corrected chi connectivity index (χ2v) is 24.4. The molecule has 6 amide bonds. The third-order valence-corrected chi connectivity index (χ3v) is 19.0. The first-order chi connectivity index (χ1) is 40.8. The number of likely N-dealkylation sites (tertiary alicyclic amines) is 2. The van der Waals surface area contributed by atoms with Gasteiger partial charge in [-0.05, 0) is 139 Å². The minimum absolute atomic E-state index is 0.0227. The lowest BCUT2D eigenvalue weighted by Crippen LogP contribution is -2.58. The molecule has 3 aromatic rings. The van der Waals surface area contributed by atoms with E-state index in [0.717, 1.165) is 86.5 Å². The van der Waals surface area contributed by atoms with Gasteiger partial charge in [-0.1, -0.05) is 87.1 Å². The maximum atomic E-state index is 14.4. The van der Waals surface area contributed by atoms with Gasteiger partial charge >= 0.3 is 0 Å². The smallest absolute Gasteiger partial charge is 0.253 e. The topological polar surface area (TPSA) is 258 Å². The van der Waals surface area contributed by atoms with Crippen molar-refractivity contribution in [1.29, 1.82) is 0 Å². The number of fused-ring (bicyclic) bond motifs is 2. The largest absolute Gasteiger partial charge is 0.380 e. The van der Waals surface area contributed by atoms with Crippen LogP contribution in [0.5, 0.6) is 0 Å². The van der Waals surface area contributed by atoms with Crippen LogP contribution in [0.1, 0.15) is 164 Å². The number of amides is 6. The molecule has 84 heavy (non-hydrogen) atoms. The summed E-state index contributed by atoms with van der Waals surface area (Å²) in [5.74, 6) is -1.21. The van der Waals surface area contributed by atoms with E-state index in [1.807, 2.05) is 36.4 Å². The standard InChI is InChI=1S/C64H92N10O10/c1-39(65-3)59(77)69-51(41-21-7-5-8-22-41)63(81)73-33-19-29-47(73)61(79)71-53-45-27-13-11-25-43(45)37-49(53)83-35-17-15-31-67-55-56(58(76)57(55)75)68-32-16-18-36-84-50-38-44-26-12-14-28-46(44)54(50)72-62(80)48-30-20-34-74(48)64(82)52(42-23-9-6-10-24-42)70-60(78)40(2)66-4/h11-14,25-28,39-42,47-54,65-68H,5-10,15-24,29-38H2,1-4H3,(H,69,77)(H,70,78)(H,71,79)(H,72,80)/t39-,40-,47-,48-,49+,50+,51-,52-,53-,54-/m0/s1. The van der Waals surface area contributed by atoms with Crippen molar-refractivity contribution in [2.24, 2.45) is 11.8 Å². The van der Waals surface area contributed by atoms with Gasteiger partial charge in [-0.3, -0.25) is 38.4 Å². The number of benzene rings is 2. The minimum atomic E-state index is -0.682. The third kappa shape index (κ3) is 14.7. The number of carbonyl (C=O) groups excluding carboxylic acids is 6. The van der Waals surface area contributed by atoms with E-state index in [1.54, 1.807) is 37.7 Å². The van der Waals surface area contributed by atoms with Crippen molar-refractivity contribution in [2.75, 3.05) is 64.1 Å². The molecule has 10 atom stereocenters. The quantitative estimate of drug-likeness (QED) is 0.0366. The summed E-state index contributed by atoms with van der Waals surface area (Å²) in [5, 5.41) is 25.0. The van der Waals surface area contributed by atoms with Crippen LogP contribution in [0.15, 0.2) is 58.1 Å². The van der Waals surface area contributed by atoms with Crippen molar-refractivity contribution >= 4 is 46.8 Å². The SMILES string of the molecule is CN[C@@H](C)C(=O)N[C@H](C(=O)N1CCC[C@H]1C(=O)N[C@H]1c2ccccc2C[C@H]1OCCCCNc1c(NCCCCO[C@@H]2Cc3ccccc3[C@@H]2NC(=O)[C@@H]2CCCN2C(=O)[C@@H](NC(=O)[C@H](C)NC)C2CCCCC2)c(=O)c1=O)C1CCCCC1. The van der Waals surface area contributed by atoms with Crippen LogP contribution < -0.4 is 53.4 Å². The van der Waals surface area contributed by atoms with E-state index in [1.165, 1.54) is 0 Å². The molecule has 3 aromatic carbocycles. The summed E-state index contributed by atoms with van der Waals surface area (Å²) in [5.41, 5.74) is 3.66. The van der Waals surface area contributed by atoms with Crippen LogP contribution in [0, 0.1) is 11.8 Å². The normalized spacial score (nSPS) is 24.0. The molecule has 6 aliphatic rings. The van der Waals surface area contributed by atoms with Crippen molar-refractivity contribution in [1.82, 2.24) is 41.7 Å². The molecule has 0 bridgehead atoms. The van der Waals surface area contributed by atoms with Gasteiger partial charge in [0.05, 0.1) is 36.4 Å². The molecule has 2 heterocycles. The van der Waals surface area contributed by atoms with Gasteiger partial charge in [0.1, 0.15) is 35.5 Å². The molecule has 2 aliphatic heterocycles. The minimum Gasteiger partial charge on any atom is -0.380 e. The molecule has 8 N–H and O–H groups in total. The number of likely N-dealkylation sites (N-methyl/N-ethyl adjacent to an activating group) is 2. The highest BCUT2D eigenvalue weighted by Crippen LogP contribution is 2.37. The van der Waals surface area contributed by atoms with E-state index in [-0.39, 0.29) is 70.9 Å². The molecular weight excluding hydrogens is 1070 g/mol. The van der Waals surface area contributed by atoms with Gasteiger partial charge in [-0.25, -0.2) is 0 Å². The first kappa shape index (κ1) is 62.3. The molecule has 4 aliphatic carbocycles. The van der Waals surface area contributed by atoms with Gasteiger partial charge in [0, 0.05) is 52.2 Å². The van der Waals surface area contributed by atoms with E-state index in [2.05, 4.69) is 54.7 Å². The van der Waals surface area contributed by atoms with E-state index in [9.17, 15) is 38.4 Å². The second-order valence-electron chi connectivity index (χ2n) is 24.4. The van der Waals surface area contributed by atoms with Crippen molar-refractivity contribution < 1.29 is 38.2 Å². The fourth-order valence-electron chi connectivity index (χ4n) is 13.8. The summed E-state index contributed by atoms with van der Waals surface area (Å²) >= 11 is 0. The van der Waals surface area contributed by atoms with Crippen LogP contribution in [-0.4, -0.2) is 147 Å². The lowest BCUT2D eigenvalue weighted by molar-refractivity contribution is -0.143. The van der Waals surface area contributed by atoms with Crippen molar-refractivity contribution in [3.8, 4) is 0 Å². The predicted octanol–water partition coefficient (Wildman–Crippen LogP) is 4.59. The van der Waals surface area contributed by atoms with E-state index >= 15 is 0 Å². The van der Waals surface area contributed by atoms with E-state index < -0.39 is 59.2 Å². The Morgan fingerprint density at radius 2 is 0.917 bits per heavy atom. The molecule has 0 unspecified atom stereocenters. The Hall–Kier alpha value is -6.22. The summed E-state index contributed by atoms with van der Waals surface area (Å²) in [6.45, 7) is 6.18. The van der Waals surface area contributed by atoms with Gasteiger partial charge in [-0.15, -0.1) is 0 Å². The number of hydrogen-bond acceptors (Lipinski definition) is 14. The molecule has 9 rings (SSSR count). The number of carbonyl (C=O) groups is 6. The molecule has 0 aromatic heterocycles. The number of nitrogens with one attached hydrogen (secondary N) is 8. The molecule has 0 spiro atoms. The highest BCUT2D eigenvalue weighted by molar-refractivity contribution is 5.95. The Morgan fingerprint density at radius 1 is 0.524 bits per heavy atom. The predicted molar refractivity (Wildman–Crippen MR) is 322 cm³/mol. The first-order valence-electron chi connectivity index (χ1n) is 31.6. The van der Waals surface area contributed by atoms with Crippen molar-refractivity contribution in [2.45, 2.75) is 203 Å². The lowest BCUT2D eigenvalue weighted by Gasteiger charge is -2.35. The van der Waals surface area contributed by atoms with Gasteiger partial charge in [-0.2, -0.15) is 0 Å². The van der Waals surface area contributed by atoms with Gasteiger partial charge in [0.25, 0.3) is 10.9 Å². The van der Waals surface area contributed by atoms with Gasteiger partial charge in [0.15, 0.2) is 0 Å². The van der Waals surface area contributed by atoms with E-state index in [0.29, 0.717) is 104 Å². The van der Waals surface area contributed by atoms with Crippen LogP contribution in [0.25, 0.3) is 0 Å². The van der Waals surface area contributed by atoms with Crippen LogP contribution >= 0.6 is 0 Å². The number of anilines is 2. The van der Waals surface area contributed by atoms with Crippen molar-refractivity contribution in [3.63, 3.8) is 0 Å². The number of hydrogen-bond donors (Lipinski definition) is 8. The Kier molecular flexibility index (Phi) is 22.1. The fourth-order valence-corrected chi connectivity index (χ4v) is 13.8. The Balaban J connectivity index is 0.711. The van der Waals surface area contributed by atoms with Gasteiger partial charge < -0.3 is 61.8 Å². The molecule has 2 saturated carbocycles. The summed E-state index contributed by atoms with van der Waals surface area (Å²) in [7, 11) is 3.44. The maximum Gasteiger partial charge on any atom is 0.253 e.